The fourth-order valence-electron chi connectivity index (χ4n) is 3.57. The van der Waals surface area contributed by atoms with E-state index in [0.717, 1.165) is 17.1 Å². The van der Waals surface area contributed by atoms with Gasteiger partial charge in [0.05, 0.1) is 33.1 Å². The number of hydrogen-bond donors (Lipinski definition) is 0. The van der Waals surface area contributed by atoms with Crippen LogP contribution >= 0.6 is 31.9 Å². The number of aromatic nitrogens is 3. The molecule has 0 saturated heterocycles. The summed E-state index contributed by atoms with van der Waals surface area (Å²) >= 11 is 6.92. The summed E-state index contributed by atoms with van der Waals surface area (Å²) in [5.41, 5.74) is 0.843. The minimum Gasteiger partial charge on any atom is -0.490 e. The molecular weight excluding hydrogens is 622 g/mol. The minimum absolute atomic E-state index is 0.00333. The molecule has 0 amide bonds. The second-order valence-corrected chi connectivity index (χ2v) is 10.0. The topological polar surface area (TPSA) is 122 Å². The van der Waals surface area contributed by atoms with E-state index in [0.29, 0.717) is 44.9 Å². The molecule has 196 valence electrons. The molecule has 0 saturated carbocycles. The van der Waals surface area contributed by atoms with Gasteiger partial charge >= 0.3 is 0 Å². The van der Waals surface area contributed by atoms with Gasteiger partial charge in [0.15, 0.2) is 11.5 Å². The molecule has 0 aliphatic heterocycles. The molecule has 12 heteroatoms. The maximum Gasteiger partial charge on any atom is 0.287 e. The first-order chi connectivity index (χ1) is 18.2. The average Bonchev–Trinajstić information content (AvgIpc) is 2.90. The molecule has 2 heterocycles. The third-order valence-electron chi connectivity index (χ3n) is 5.68. The van der Waals surface area contributed by atoms with Crippen molar-refractivity contribution in [3.63, 3.8) is 0 Å². The second-order valence-electron chi connectivity index (χ2n) is 8.28. The van der Waals surface area contributed by atoms with E-state index in [1.165, 1.54) is 16.8 Å². The van der Waals surface area contributed by atoms with Crippen LogP contribution in [0.25, 0.3) is 10.9 Å². The van der Waals surface area contributed by atoms with Crippen molar-refractivity contribution < 1.29 is 14.4 Å². The molecule has 10 nitrogen and oxygen atoms in total. The van der Waals surface area contributed by atoms with Gasteiger partial charge in [-0.1, -0.05) is 29.8 Å². The summed E-state index contributed by atoms with van der Waals surface area (Å²) in [5.74, 6) is 1.48. The molecule has 0 aliphatic rings. The first kappa shape index (κ1) is 27.4. The Morgan fingerprint density at radius 2 is 1.97 bits per heavy atom. The highest BCUT2D eigenvalue weighted by atomic mass is 79.9. The Bertz CT molecular complexity index is 1590. The number of hydrogen-bond acceptors (Lipinski definition) is 8. The Morgan fingerprint density at radius 1 is 1.18 bits per heavy atom. The molecule has 0 radical (unpaired) electrons. The van der Waals surface area contributed by atoms with Gasteiger partial charge in [-0.05, 0) is 65.2 Å². The SMILES string of the molecule is CCOc1cc(C=Nn2c([C@@H](C)CC)nc3ccc(Br)cc3c2=O)cc(Br)c1Oc1ccc([N+](=O)[O-])cn1. The van der Waals surface area contributed by atoms with Crippen LogP contribution in [-0.2, 0) is 0 Å². The maximum absolute atomic E-state index is 13.4. The van der Waals surface area contributed by atoms with E-state index in [9.17, 15) is 14.9 Å². The monoisotopic (exact) mass is 643 g/mol. The van der Waals surface area contributed by atoms with Crippen molar-refractivity contribution in [1.29, 1.82) is 0 Å². The molecule has 0 aliphatic carbocycles. The molecule has 4 rings (SSSR count). The molecule has 0 fully saturated rings. The van der Waals surface area contributed by atoms with Crippen molar-refractivity contribution in [3.05, 3.63) is 89.5 Å². The van der Waals surface area contributed by atoms with E-state index < -0.39 is 4.92 Å². The van der Waals surface area contributed by atoms with Crippen LogP contribution in [0.4, 0.5) is 5.69 Å². The number of rotatable bonds is 9. The normalized spacial score (nSPS) is 12.1. The van der Waals surface area contributed by atoms with Gasteiger partial charge in [0.25, 0.3) is 11.2 Å². The highest BCUT2D eigenvalue weighted by Crippen LogP contribution is 2.39. The summed E-state index contributed by atoms with van der Waals surface area (Å²) in [6.45, 7) is 6.22. The van der Waals surface area contributed by atoms with Crippen molar-refractivity contribution in [3.8, 4) is 17.4 Å². The van der Waals surface area contributed by atoms with Crippen molar-refractivity contribution in [2.45, 2.75) is 33.1 Å². The third kappa shape index (κ3) is 5.91. The molecular formula is C26H23Br2N5O5. The predicted molar refractivity (Wildman–Crippen MR) is 152 cm³/mol. The molecule has 0 N–H and O–H groups in total. The zero-order valence-electron chi connectivity index (χ0n) is 20.7. The van der Waals surface area contributed by atoms with E-state index in [1.54, 1.807) is 24.4 Å². The summed E-state index contributed by atoms with van der Waals surface area (Å²) in [5, 5.41) is 15.9. The third-order valence-corrected chi connectivity index (χ3v) is 6.76. The number of fused-ring (bicyclic) bond motifs is 1. The van der Waals surface area contributed by atoms with Gasteiger partial charge in [-0.25, -0.2) is 9.97 Å². The second kappa shape index (κ2) is 11.8. The molecule has 2 aromatic heterocycles. The van der Waals surface area contributed by atoms with Crippen LogP contribution < -0.4 is 15.0 Å². The van der Waals surface area contributed by atoms with Gasteiger partial charge in [0.1, 0.15) is 12.0 Å². The van der Waals surface area contributed by atoms with E-state index in [-0.39, 0.29) is 23.0 Å². The molecule has 0 unspecified atom stereocenters. The van der Waals surface area contributed by atoms with Crippen molar-refractivity contribution in [2.75, 3.05) is 6.61 Å². The number of nitrogens with zero attached hydrogens (tertiary/aromatic N) is 5. The van der Waals surface area contributed by atoms with E-state index in [2.05, 4.69) is 41.9 Å². The van der Waals surface area contributed by atoms with Crippen molar-refractivity contribution in [1.82, 2.24) is 14.6 Å². The maximum atomic E-state index is 13.4. The van der Waals surface area contributed by atoms with E-state index in [1.807, 2.05) is 32.9 Å². The standard InChI is InChI=1S/C26H23Br2N5O5/c1-4-15(3)25-31-21-8-6-17(27)12-19(21)26(34)32(25)30-13-16-10-20(28)24(22(11-16)37-5-2)38-23-9-7-18(14-29-23)33(35)36/h6-15H,4-5H2,1-3H3/t15-/m0/s1. The van der Waals surface area contributed by atoms with Gasteiger partial charge in [0.2, 0.25) is 5.88 Å². The van der Waals surface area contributed by atoms with Gasteiger partial charge < -0.3 is 9.47 Å². The van der Waals surface area contributed by atoms with Crippen molar-refractivity contribution in [2.24, 2.45) is 5.10 Å². The summed E-state index contributed by atoms with van der Waals surface area (Å²) in [6.07, 6.45) is 3.46. The summed E-state index contributed by atoms with van der Waals surface area (Å²) < 4.78 is 14.3. The van der Waals surface area contributed by atoms with Crippen LogP contribution in [0.2, 0.25) is 0 Å². The molecule has 1 atom stereocenters. The Kier molecular flexibility index (Phi) is 8.52. The predicted octanol–water partition coefficient (Wildman–Crippen LogP) is 6.81. The van der Waals surface area contributed by atoms with E-state index in [4.69, 9.17) is 14.5 Å². The Hall–Kier alpha value is -3.64. The zero-order valence-corrected chi connectivity index (χ0v) is 23.9. The molecule has 38 heavy (non-hydrogen) atoms. The minimum atomic E-state index is -0.533. The van der Waals surface area contributed by atoms with Gasteiger partial charge in [-0.15, -0.1) is 0 Å². The van der Waals surface area contributed by atoms with Crippen LogP contribution in [0.15, 0.2) is 67.5 Å². The van der Waals surface area contributed by atoms with Gasteiger partial charge in [-0.3, -0.25) is 14.9 Å². The lowest BCUT2D eigenvalue weighted by Crippen LogP contribution is -2.23. The first-order valence-electron chi connectivity index (χ1n) is 11.7. The van der Waals surface area contributed by atoms with Gasteiger partial charge in [0, 0.05) is 22.5 Å². The molecule has 0 bridgehead atoms. The highest BCUT2D eigenvalue weighted by molar-refractivity contribution is 9.10. The number of pyridine rings is 1. The smallest absolute Gasteiger partial charge is 0.287 e. The first-order valence-corrected chi connectivity index (χ1v) is 13.3. The van der Waals surface area contributed by atoms with Crippen LogP contribution in [0.3, 0.4) is 0 Å². The largest absolute Gasteiger partial charge is 0.490 e. The van der Waals surface area contributed by atoms with Crippen LogP contribution in [0, 0.1) is 10.1 Å². The van der Waals surface area contributed by atoms with Crippen LogP contribution in [0.5, 0.6) is 17.4 Å². The number of halogens is 2. The fraction of sp³-hybridized carbons (Fsp3) is 0.231. The summed E-state index contributed by atoms with van der Waals surface area (Å²) in [7, 11) is 0. The molecule has 2 aromatic carbocycles. The number of ether oxygens (including phenoxy) is 2. The molecule has 4 aromatic rings. The lowest BCUT2D eigenvalue weighted by Gasteiger charge is -2.15. The van der Waals surface area contributed by atoms with Gasteiger partial charge in [-0.2, -0.15) is 9.78 Å². The quantitative estimate of drug-likeness (QED) is 0.111. The lowest BCUT2D eigenvalue weighted by molar-refractivity contribution is -0.385. The Labute approximate surface area is 234 Å². The number of benzene rings is 2. The fourth-order valence-corrected chi connectivity index (χ4v) is 4.48. The highest BCUT2D eigenvalue weighted by Gasteiger charge is 2.17. The summed E-state index contributed by atoms with van der Waals surface area (Å²) in [4.78, 5) is 32.5. The zero-order chi connectivity index (χ0) is 27.4. The Morgan fingerprint density at radius 3 is 2.63 bits per heavy atom. The van der Waals surface area contributed by atoms with E-state index >= 15 is 0 Å². The van der Waals surface area contributed by atoms with Crippen LogP contribution in [-0.4, -0.2) is 32.4 Å². The lowest BCUT2D eigenvalue weighted by atomic mass is 10.1. The van der Waals surface area contributed by atoms with Crippen LogP contribution in [0.1, 0.15) is 44.5 Å². The number of nitro groups is 1. The average molecular weight is 645 g/mol. The molecule has 0 spiro atoms. The summed E-state index contributed by atoms with van der Waals surface area (Å²) in [6, 6.07) is 11.6. The Balaban J connectivity index is 1.74. The van der Waals surface area contributed by atoms with Crippen molar-refractivity contribution >= 4 is 54.7 Å².